The van der Waals surface area contributed by atoms with Crippen LogP contribution in [0.25, 0.3) is 21.7 Å². The molecule has 0 radical (unpaired) electrons. The fourth-order valence-corrected chi connectivity index (χ4v) is 2.28. The van der Waals surface area contributed by atoms with Crippen molar-refractivity contribution in [2.75, 3.05) is 0 Å². The molecule has 0 aliphatic rings. The lowest BCUT2D eigenvalue weighted by Gasteiger charge is -2.06. The summed E-state index contributed by atoms with van der Waals surface area (Å²) in [6, 6.07) is 8.91. The van der Waals surface area contributed by atoms with Crippen LogP contribution in [0, 0.1) is 13.8 Å². The molecule has 0 atom stereocenters. The summed E-state index contributed by atoms with van der Waals surface area (Å²) in [5, 5.41) is 11.9. The second kappa shape index (κ2) is 3.60. The minimum atomic E-state index is -0.373. The molecule has 0 unspecified atom stereocenters. The van der Waals surface area contributed by atoms with E-state index in [0.717, 1.165) is 16.5 Å². The van der Waals surface area contributed by atoms with Gasteiger partial charge in [0.1, 0.15) is 11.3 Å². The van der Waals surface area contributed by atoms with Gasteiger partial charge in [-0.3, -0.25) is 0 Å². The topological polar surface area (TPSA) is 50.4 Å². The summed E-state index contributed by atoms with van der Waals surface area (Å²) in [5.74, 6) is 0.143. The minimum Gasteiger partial charge on any atom is -0.507 e. The van der Waals surface area contributed by atoms with Gasteiger partial charge in [-0.25, -0.2) is 4.79 Å². The van der Waals surface area contributed by atoms with Gasteiger partial charge in [0.05, 0.1) is 10.8 Å². The number of rotatable bonds is 0. The Morgan fingerprint density at radius 3 is 2.56 bits per heavy atom. The highest BCUT2D eigenvalue weighted by Crippen LogP contribution is 2.32. The summed E-state index contributed by atoms with van der Waals surface area (Å²) >= 11 is 0. The molecule has 0 saturated carbocycles. The number of phenolic OH excluding ortho intramolecular Hbond substituents is 1. The first-order chi connectivity index (χ1) is 8.56. The maximum atomic E-state index is 11.9. The molecule has 0 saturated heterocycles. The van der Waals surface area contributed by atoms with Crippen LogP contribution in [-0.4, -0.2) is 5.11 Å². The summed E-state index contributed by atoms with van der Waals surface area (Å²) in [6.07, 6.45) is 0. The molecule has 0 spiro atoms. The van der Waals surface area contributed by atoms with Crippen LogP contribution in [-0.2, 0) is 0 Å². The maximum Gasteiger partial charge on any atom is 0.344 e. The van der Waals surface area contributed by atoms with Crippen LogP contribution in [0.1, 0.15) is 11.1 Å². The Labute approximate surface area is 103 Å². The Kier molecular flexibility index (Phi) is 2.17. The molecule has 3 nitrogen and oxygen atoms in total. The van der Waals surface area contributed by atoms with Gasteiger partial charge in [-0.2, -0.15) is 0 Å². The number of phenols is 1. The molecule has 0 aliphatic heterocycles. The number of aromatic hydroxyl groups is 1. The summed E-state index contributed by atoms with van der Waals surface area (Å²) < 4.78 is 5.26. The Morgan fingerprint density at radius 1 is 1.00 bits per heavy atom. The lowest BCUT2D eigenvalue weighted by Crippen LogP contribution is -2.00. The Hall–Kier alpha value is -2.29. The molecule has 3 heteroatoms. The molecule has 0 amide bonds. The molecule has 1 heterocycles. The first-order valence-electron chi connectivity index (χ1n) is 5.73. The third-order valence-electron chi connectivity index (χ3n) is 3.09. The fraction of sp³-hybridized carbons (Fsp3) is 0.133. The fourth-order valence-electron chi connectivity index (χ4n) is 2.28. The molecule has 1 N–H and O–H groups in total. The highest BCUT2D eigenvalue weighted by molar-refractivity contribution is 6.07. The van der Waals surface area contributed by atoms with Crippen molar-refractivity contribution in [1.29, 1.82) is 0 Å². The highest BCUT2D eigenvalue weighted by atomic mass is 16.4. The van der Waals surface area contributed by atoms with E-state index in [0.29, 0.717) is 16.4 Å². The van der Waals surface area contributed by atoms with E-state index in [-0.39, 0.29) is 11.4 Å². The first-order valence-corrected chi connectivity index (χ1v) is 5.73. The van der Waals surface area contributed by atoms with Crippen LogP contribution in [0.3, 0.4) is 0 Å². The molecule has 3 aromatic rings. The first kappa shape index (κ1) is 10.8. The van der Waals surface area contributed by atoms with Gasteiger partial charge in [-0.05, 0) is 37.6 Å². The largest absolute Gasteiger partial charge is 0.507 e. The summed E-state index contributed by atoms with van der Waals surface area (Å²) in [4.78, 5) is 11.9. The van der Waals surface area contributed by atoms with Gasteiger partial charge < -0.3 is 9.52 Å². The lowest BCUT2D eigenvalue weighted by molar-refractivity contribution is 0.479. The average molecular weight is 240 g/mol. The van der Waals surface area contributed by atoms with Crippen molar-refractivity contribution in [1.82, 2.24) is 0 Å². The van der Waals surface area contributed by atoms with Crippen molar-refractivity contribution in [3.05, 3.63) is 51.9 Å². The molecule has 0 bridgehead atoms. The van der Waals surface area contributed by atoms with Gasteiger partial charge in [0.2, 0.25) is 0 Å². The number of hydrogen-bond donors (Lipinski definition) is 1. The smallest absolute Gasteiger partial charge is 0.344 e. The molecular weight excluding hydrogens is 228 g/mol. The monoisotopic (exact) mass is 240 g/mol. The normalized spacial score (nSPS) is 11.2. The van der Waals surface area contributed by atoms with Gasteiger partial charge in [0, 0.05) is 5.39 Å². The van der Waals surface area contributed by atoms with Gasteiger partial charge in [0.25, 0.3) is 0 Å². The molecule has 1 aromatic heterocycles. The predicted octanol–water partition coefficient (Wildman–Crippen LogP) is 3.27. The zero-order valence-electron chi connectivity index (χ0n) is 10.2. The molecule has 0 fully saturated rings. The Bertz CT molecular complexity index is 828. The number of hydrogen-bond acceptors (Lipinski definition) is 3. The minimum absolute atomic E-state index is 0.143. The van der Waals surface area contributed by atoms with E-state index in [1.807, 2.05) is 26.0 Å². The average Bonchev–Trinajstić information content (AvgIpc) is 2.27. The molecule has 2 aromatic carbocycles. The molecule has 18 heavy (non-hydrogen) atoms. The van der Waals surface area contributed by atoms with Crippen molar-refractivity contribution in [2.45, 2.75) is 13.8 Å². The van der Waals surface area contributed by atoms with Gasteiger partial charge in [-0.15, -0.1) is 0 Å². The van der Waals surface area contributed by atoms with Gasteiger partial charge in [0.15, 0.2) is 0 Å². The van der Waals surface area contributed by atoms with E-state index < -0.39 is 0 Å². The third-order valence-corrected chi connectivity index (χ3v) is 3.09. The summed E-state index contributed by atoms with van der Waals surface area (Å²) in [6.45, 7) is 3.80. The van der Waals surface area contributed by atoms with E-state index in [1.165, 1.54) is 0 Å². The second-order valence-corrected chi connectivity index (χ2v) is 4.60. The molecular formula is C15H12O3. The quantitative estimate of drug-likeness (QED) is 0.484. The third kappa shape index (κ3) is 1.48. The number of fused-ring (bicyclic) bond motifs is 3. The molecule has 0 aliphatic carbocycles. The lowest BCUT2D eigenvalue weighted by atomic mass is 10.0. The van der Waals surface area contributed by atoms with E-state index in [1.54, 1.807) is 18.2 Å². The van der Waals surface area contributed by atoms with Gasteiger partial charge in [-0.1, -0.05) is 17.7 Å². The van der Waals surface area contributed by atoms with Crippen LogP contribution in [0.15, 0.2) is 39.5 Å². The SMILES string of the molecule is Cc1cc(O)c2c(c1)oc(=O)c1ccc(C)cc12. The van der Waals surface area contributed by atoms with E-state index in [4.69, 9.17) is 4.42 Å². The summed E-state index contributed by atoms with van der Waals surface area (Å²) in [5.41, 5.74) is 1.95. The zero-order valence-corrected chi connectivity index (χ0v) is 10.2. The van der Waals surface area contributed by atoms with Crippen molar-refractivity contribution < 1.29 is 9.52 Å². The van der Waals surface area contributed by atoms with Crippen molar-refractivity contribution in [3.8, 4) is 5.75 Å². The van der Waals surface area contributed by atoms with E-state index >= 15 is 0 Å². The van der Waals surface area contributed by atoms with Crippen molar-refractivity contribution >= 4 is 21.7 Å². The van der Waals surface area contributed by atoms with E-state index in [2.05, 4.69) is 0 Å². The summed E-state index contributed by atoms with van der Waals surface area (Å²) in [7, 11) is 0. The van der Waals surface area contributed by atoms with Crippen LogP contribution in [0.2, 0.25) is 0 Å². The Balaban J connectivity index is 2.67. The van der Waals surface area contributed by atoms with Gasteiger partial charge >= 0.3 is 5.63 Å². The van der Waals surface area contributed by atoms with Crippen LogP contribution in [0.5, 0.6) is 5.75 Å². The maximum absolute atomic E-state index is 11.9. The van der Waals surface area contributed by atoms with Crippen LogP contribution < -0.4 is 5.63 Å². The standard InChI is InChI=1S/C15H12O3/c1-8-3-4-10-11(5-8)14-12(16)6-9(2)7-13(14)18-15(10)17/h3-7,16H,1-2H3. The highest BCUT2D eigenvalue weighted by Gasteiger charge is 2.11. The Morgan fingerprint density at radius 2 is 1.78 bits per heavy atom. The molecule has 90 valence electrons. The predicted molar refractivity (Wildman–Crippen MR) is 71.1 cm³/mol. The molecule has 3 rings (SSSR count). The zero-order chi connectivity index (χ0) is 12.9. The number of aryl methyl sites for hydroxylation is 2. The number of benzene rings is 2. The van der Waals surface area contributed by atoms with Crippen molar-refractivity contribution in [3.63, 3.8) is 0 Å². The van der Waals surface area contributed by atoms with Crippen molar-refractivity contribution in [2.24, 2.45) is 0 Å². The van der Waals surface area contributed by atoms with Crippen LogP contribution in [0.4, 0.5) is 0 Å². The second-order valence-electron chi connectivity index (χ2n) is 4.60. The van der Waals surface area contributed by atoms with Crippen LogP contribution >= 0.6 is 0 Å². The van der Waals surface area contributed by atoms with E-state index in [9.17, 15) is 9.90 Å².